The lowest BCUT2D eigenvalue weighted by Gasteiger charge is -2.59. The number of phenolic OH excluding ortho intramolecular Hbond substituents is 2. The van der Waals surface area contributed by atoms with Crippen molar-refractivity contribution in [2.45, 2.75) is 89.6 Å². The Balaban J connectivity index is 0.000000275. The Morgan fingerprint density at radius 2 is 1.38 bits per heavy atom. The summed E-state index contributed by atoms with van der Waals surface area (Å²) in [5, 5.41) is 29.6. The van der Waals surface area contributed by atoms with Crippen LogP contribution in [0.15, 0.2) is 47.6 Å². The Kier molecular flexibility index (Phi) is 5.77. The van der Waals surface area contributed by atoms with E-state index in [1.807, 2.05) is 6.08 Å². The topological polar surface area (TPSA) is 94.8 Å². The molecular formula is C34H42O5. The maximum Gasteiger partial charge on any atom is 0.182 e. The maximum absolute atomic E-state index is 13.4. The van der Waals surface area contributed by atoms with E-state index in [9.17, 15) is 14.7 Å². The number of carbonyl (C=O) groups excluding carboxylic acids is 2. The summed E-state index contributed by atoms with van der Waals surface area (Å²) in [6.07, 6.45) is 16.9. The number of fused-ring (bicyclic) bond motifs is 5. The fourth-order valence-corrected chi connectivity index (χ4v) is 11.0. The van der Waals surface area contributed by atoms with Gasteiger partial charge in [-0.05, 0) is 154 Å². The van der Waals surface area contributed by atoms with Gasteiger partial charge in [-0.3, -0.25) is 9.59 Å². The predicted molar refractivity (Wildman–Crippen MR) is 148 cm³/mol. The molecule has 0 heterocycles. The SMILES string of the molecule is C[C@]12CC[C@H]3[C@@H](CCC4=CC(=O)C(C56CC7CC(CC(C7)C5)C6)=C[C@@]43O)[C@@H]1CCC2=O.Oc1ccc(O)cc1. The summed E-state index contributed by atoms with van der Waals surface area (Å²) in [6.45, 7) is 2.19. The van der Waals surface area contributed by atoms with Gasteiger partial charge < -0.3 is 15.3 Å². The first-order chi connectivity index (χ1) is 18.6. The molecule has 8 aliphatic carbocycles. The van der Waals surface area contributed by atoms with Crippen molar-refractivity contribution in [3.63, 3.8) is 0 Å². The summed E-state index contributed by atoms with van der Waals surface area (Å²) < 4.78 is 0. The van der Waals surface area contributed by atoms with E-state index in [0.717, 1.165) is 67.4 Å². The molecule has 7 fully saturated rings. The molecule has 8 aliphatic rings. The van der Waals surface area contributed by atoms with E-state index >= 15 is 0 Å². The molecule has 0 aliphatic heterocycles. The van der Waals surface area contributed by atoms with Crippen molar-refractivity contribution >= 4 is 11.6 Å². The Hall–Kier alpha value is -2.40. The minimum atomic E-state index is -0.956. The van der Waals surface area contributed by atoms with Crippen molar-refractivity contribution in [2.75, 3.05) is 0 Å². The fourth-order valence-electron chi connectivity index (χ4n) is 11.0. The molecule has 0 amide bonds. The minimum Gasteiger partial charge on any atom is -0.508 e. The number of phenols is 2. The quantitative estimate of drug-likeness (QED) is 0.372. The van der Waals surface area contributed by atoms with E-state index in [4.69, 9.17) is 10.2 Å². The lowest BCUT2D eigenvalue weighted by atomic mass is 9.46. The standard InChI is InChI=1S/C28H36O3.C6H6O2/c1-26-7-6-22-20(21(26)4-5-25(26)30)3-2-19-11-24(29)23(15-28(19,22)31)27-12-16-8-17(13-27)10-18(9-16)14-27;7-5-1-2-6(8)4-3-5/h11,15-18,20-22,31H,2-10,12-14H2,1H3;1-4,7-8H/t16?,17?,18?,20-,21-,22-,26-,27?,28+;/m0./s1. The van der Waals surface area contributed by atoms with Crippen molar-refractivity contribution in [2.24, 2.45) is 46.3 Å². The Labute approximate surface area is 231 Å². The van der Waals surface area contributed by atoms with Gasteiger partial charge in [-0.25, -0.2) is 0 Å². The number of aliphatic hydroxyl groups is 1. The molecular weight excluding hydrogens is 488 g/mol. The molecule has 3 N–H and O–H groups in total. The van der Waals surface area contributed by atoms with Gasteiger partial charge in [0.05, 0.1) is 0 Å². The molecule has 5 heteroatoms. The first-order valence-electron chi connectivity index (χ1n) is 15.3. The molecule has 208 valence electrons. The van der Waals surface area contributed by atoms with Crippen LogP contribution in [0.4, 0.5) is 0 Å². The van der Waals surface area contributed by atoms with Gasteiger partial charge in [0.2, 0.25) is 0 Å². The second kappa shape index (κ2) is 8.80. The molecule has 9 rings (SSSR count). The molecule has 0 radical (unpaired) electrons. The highest BCUT2D eigenvalue weighted by atomic mass is 16.3. The molecule has 1 aromatic carbocycles. The smallest absolute Gasteiger partial charge is 0.182 e. The monoisotopic (exact) mass is 530 g/mol. The van der Waals surface area contributed by atoms with Crippen molar-refractivity contribution < 1.29 is 24.9 Å². The summed E-state index contributed by atoms with van der Waals surface area (Å²) in [5.74, 6) is 4.37. The number of allylic oxidation sites excluding steroid dienone is 2. The molecule has 7 saturated carbocycles. The number of ketones is 2. The molecule has 4 bridgehead atoms. The van der Waals surface area contributed by atoms with Crippen LogP contribution >= 0.6 is 0 Å². The van der Waals surface area contributed by atoms with Gasteiger partial charge in [0.1, 0.15) is 22.9 Å². The summed E-state index contributed by atoms with van der Waals surface area (Å²) in [4.78, 5) is 26.1. The first kappa shape index (κ1) is 25.6. The van der Waals surface area contributed by atoms with Crippen LogP contribution in [0.1, 0.15) is 84.0 Å². The van der Waals surface area contributed by atoms with Crippen LogP contribution in [0, 0.1) is 46.3 Å². The second-order valence-corrected chi connectivity index (χ2v) is 14.5. The Morgan fingerprint density at radius 3 is 1.97 bits per heavy atom. The van der Waals surface area contributed by atoms with Crippen molar-refractivity contribution in [3.8, 4) is 11.5 Å². The maximum atomic E-state index is 13.4. The molecule has 0 aromatic heterocycles. The number of aromatic hydroxyl groups is 2. The molecule has 1 aromatic rings. The number of carbonyl (C=O) groups is 2. The molecule has 39 heavy (non-hydrogen) atoms. The third-order valence-corrected chi connectivity index (χ3v) is 12.4. The highest BCUT2D eigenvalue weighted by Crippen LogP contribution is 2.65. The zero-order chi connectivity index (χ0) is 27.2. The summed E-state index contributed by atoms with van der Waals surface area (Å²) >= 11 is 0. The fraction of sp³-hybridized carbons (Fsp3) is 0.647. The minimum absolute atomic E-state index is 0.0308. The summed E-state index contributed by atoms with van der Waals surface area (Å²) in [7, 11) is 0. The average Bonchev–Trinajstić information content (AvgIpc) is 3.20. The lowest BCUT2D eigenvalue weighted by Crippen LogP contribution is -2.56. The molecule has 0 saturated heterocycles. The van der Waals surface area contributed by atoms with Crippen LogP contribution in [-0.4, -0.2) is 32.5 Å². The van der Waals surface area contributed by atoms with Crippen LogP contribution in [0.2, 0.25) is 0 Å². The van der Waals surface area contributed by atoms with E-state index in [0.29, 0.717) is 17.6 Å². The molecule has 0 spiro atoms. The zero-order valence-corrected chi connectivity index (χ0v) is 23.1. The van der Waals surface area contributed by atoms with E-state index < -0.39 is 5.60 Å². The normalized spacial score (nSPS) is 45.4. The number of hydrogen-bond donors (Lipinski definition) is 3. The third kappa shape index (κ3) is 3.89. The second-order valence-electron chi connectivity index (χ2n) is 14.5. The summed E-state index contributed by atoms with van der Waals surface area (Å²) in [6, 6.07) is 5.70. The van der Waals surface area contributed by atoms with Crippen LogP contribution in [0.3, 0.4) is 0 Å². The number of rotatable bonds is 1. The molecule has 5 atom stereocenters. The molecule has 5 nitrogen and oxygen atoms in total. The Bertz CT molecular complexity index is 1200. The number of benzene rings is 1. The van der Waals surface area contributed by atoms with Crippen molar-refractivity contribution in [1.29, 1.82) is 0 Å². The van der Waals surface area contributed by atoms with Crippen molar-refractivity contribution in [1.82, 2.24) is 0 Å². The zero-order valence-electron chi connectivity index (χ0n) is 23.1. The van der Waals surface area contributed by atoms with Crippen LogP contribution < -0.4 is 0 Å². The van der Waals surface area contributed by atoms with Gasteiger partial charge in [-0.2, -0.15) is 0 Å². The van der Waals surface area contributed by atoms with Gasteiger partial charge in [0.15, 0.2) is 5.78 Å². The number of hydrogen-bond acceptors (Lipinski definition) is 5. The Morgan fingerprint density at radius 1 is 0.795 bits per heavy atom. The predicted octanol–water partition coefficient (Wildman–Crippen LogP) is 6.27. The lowest BCUT2D eigenvalue weighted by molar-refractivity contribution is -0.134. The third-order valence-electron chi connectivity index (χ3n) is 12.4. The van der Waals surface area contributed by atoms with Gasteiger partial charge >= 0.3 is 0 Å². The van der Waals surface area contributed by atoms with Crippen molar-refractivity contribution in [3.05, 3.63) is 47.6 Å². The largest absolute Gasteiger partial charge is 0.508 e. The van der Waals surface area contributed by atoms with E-state index in [1.165, 1.54) is 62.8 Å². The van der Waals surface area contributed by atoms with Gasteiger partial charge in [-0.15, -0.1) is 0 Å². The number of Topliss-reactive ketones (excluding diaryl/α,β-unsaturated/α-hetero) is 1. The first-order valence-corrected chi connectivity index (χ1v) is 15.3. The van der Waals surface area contributed by atoms with E-state index in [2.05, 4.69) is 13.0 Å². The van der Waals surface area contributed by atoms with Crippen LogP contribution in [-0.2, 0) is 9.59 Å². The highest BCUT2D eigenvalue weighted by molar-refractivity contribution is 6.07. The van der Waals surface area contributed by atoms with Gasteiger partial charge in [-0.1, -0.05) is 6.92 Å². The summed E-state index contributed by atoms with van der Waals surface area (Å²) in [5.41, 5.74) is 0.857. The van der Waals surface area contributed by atoms with Crippen LogP contribution in [0.5, 0.6) is 11.5 Å². The van der Waals surface area contributed by atoms with E-state index in [-0.39, 0.29) is 34.0 Å². The highest BCUT2D eigenvalue weighted by Gasteiger charge is 2.61. The van der Waals surface area contributed by atoms with Gasteiger partial charge in [0.25, 0.3) is 0 Å². The average molecular weight is 531 g/mol. The van der Waals surface area contributed by atoms with Gasteiger partial charge in [0, 0.05) is 17.4 Å². The van der Waals surface area contributed by atoms with E-state index in [1.54, 1.807) is 0 Å². The van der Waals surface area contributed by atoms with Crippen LogP contribution in [0.25, 0.3) is 0 Å². The molecule has 0 unspecified atom stereocenters.